The molecule has 1 unspecified atom stereocenters. The monoisotopic (exact) mass is 442 g/mol. The van der Waals surface area contributed by atoms with Gasteiger partial charge in [0.05, 0.1) is 19.0 Å². The SMILES string of the molecule is O=C(c1ccc(F)cc1)N1CCC(Nc2ncnc3c2ncn3[C@@H]2O[C@H](CO)C[C@H]2O)C1. The molecule has 2 saturated heterocycles. The first-order valence-electron chi connectivity index (χ1n) is 10.5. The standard InChI is InChI=1S/C21H23FN6O4/c22-13-3-1-12(2-4-13)20(31)27-6-5-14(8-27)26-18-17-19(24-10-23-18)28(11-25-17)21-16(30)7-15(9-29)32-21/h1-4,10-11,14-16,21,29-30H,5-9H2,(H,23,24,26)/t14?,15-,16+,21+/m0/s1. The highest BCUT2D eigenvalue weighted by atomic mass is 19.1. The van der Waals surface area contributed by atoms with Crippen LogP contribution in [0.3, 0.4) is 0 Å². The average molecular weight is 442 g/mol. The molecule has 0 bridgehead atoms. The van der Waals surface area contributed by atoms with E-state index in [0.717, 1.165) is 6.42 Å². The molecule has 2 aliphatic rings. The number of carbonyl (C=O) groups excluding carboxylic acids is 1. The van der Waals surface area contributed by atoms with Gasteiger partial charge < -0.3 is 25.2 Å². The number of nitrogens with zero attached hydrogens (tertiary/aromatic N) is 5. The van der Waals surface area contributed by atoms with Crippen LogP contribution in [-0.2, 0) is 4.74 Å². The van der Waals surface area contributed by atoms with Crippen molar-refractivity contribution >= 4 is 22.9 Å². The topological polar surface area (TPSA) is 126 Å². The van der Waals surface area contributed by atoms with Crippen molar-refractivity contribution in [2.24, 2.45) is 0 Å². The van der Waals surface area contributed by atoms with Crippen LogP contribution in [0.25, 0.3) is 11.2 Å². The summed E-state index contributed by atoms with van der Waals surface area (Å²) in [6, 6.07) is 5.50. The van der Waals surface area contributed by atoms with E-state index in [0.29, 0.717) is 42.1 Å². The second-order valence-corrected chi connectivity index (χ2v) is 8.07. The van der Waals surface area contributed by atoms with Gasteiger partial charge in [-0.3, -0.25) is 9.36 Å². The maximum Gasteiger partial charge on any atom is 0.253 e. The highest BCUT2D eigenvalue weighted by Crippen LogP contribution is 2.32. The van der Waals surface area contributed by atoms with Gasteiger partial charge in [0.25, 0.3) is 5.91 Å². The molecule has 0 saturated carbocycles. The first-order chi connectivity index (χ1) is 15.5. The minimum Gasteiger partial charge on any atom is -0.394 e. The molecule has 0 spiro atoms. The Hall–Kier alpha value is -3.15. The van der Waals surface area contributed by atoms with E-state index in [4.69, 9.17) is 4.74 Å². The smallest absolute Gasteiger partial charge is 0.253 e. The van der Waals surface area contributed by atoms with Gasteiger partial charge in [0.2, 0.25) is 0 Å². The van der Waals surface area contributed by atoms with Crippen LogP contribution in [-0.4, -0.2) is 78.5 Å². The Labute approximate surface area is 182 Å². The highest BCUT2D eigenvalue weighted by molar-refractivity contribution is 5.94. The number of halogens is 1. The third-order valence-electron chi connectivity index (χ3n) is 5.91. The predicted octanol–water partition coefficient (Wildman–Crippen LogP) is 0.933. The van der Waals surface area contributed by atoms with Crippen molar-refractivity contribution in [2.45, 2.75) is 37.3 Å². The summed E-state index contributed by atoms with van der Waals surface area (Å²) in [4.78, 5) is 27.4. The third kappa shape index (κ3) is 3.78. The number of aliphatic hydroxyl groups excluding tert-OH is 2. The van der Waals surface area contributed by atoms with Crippen molar-refractivity contribution in [3.8, 4) is 0 Å². The molecular weight excluding hydrogens is 419 g/mol. The van der Waals surface area contributed by atoms with Gasteiger partial charge in [-0.2, -0.15) is 0 Å². The molecular formula is C21H23FN6O4. The van der Waals surface area contributed by atoms with Crippen LogP contribution in [0.1, 0.15) is 29.4 Å². The number of ether oxygens (including phenoxy) is 1. The Bertz CT molecular complexity index is 1120. The number of aliphatic hydroxyl groups is 2. The van der Waals surface area contributed by atoms with Gasteiger partial charge in [-0.25, -0.2) is 19.3 Å². The van der Waals surface area contributed by atoms with Crippen LogP contribution in [0.5, 0.6) is 0 Å². The number of imidazole rings is 1. The van der Waals surface area contributed by atoms with E-state index in [-0.39, 0.29) is 24.4 Å². The predicted molar refractivity (Wildman–Crippen MR) is 111 cm³/mol. The molecule has 3 N–H and O–H groups in total. The highest BCUT2D eigenvalue weighted by Gasteiger charge is 2.36. The largest absolute Gasteiger partial charge is 0.394 e. The van der Waals surface area contributed by atoms with Gasteiger partial charge in [-0.1, -0.05) is 0 Å². The van der Waals surface area contributed by atoms with Gasteiger partial charge in [-0.15, -0.1) is 0 Å². The van der Waals surface area contributed by atoms with Crippen LogP contribution in [0.4, 0.5) is 10.2 Å². The fraction of sp³-hybridized carbons (Fsp3) is 0.429. The van der Waals surface area contributed by atoms with Gasteiger partial charge in [0, 0.05) is 31.1 Å². The Balaban J connectivity index is 1.30. The molecule has 5 rings (SSSR count). The molecule has 4 atom stereocenters. The van der Waals surface area contributed by atoms with Gasteiger partial charge in [0.15, 0.2) is 23.2 Å². The number of likely N-dealkylation sites (tertiary alicyclic amines) is 1. The van der Waals surface area contributed by atoms with E-state index in [1.807, 2.05) is 0 Å². The number of nitrogens with one attached hydrogen (secondary N) is 1. The van der Waals surface area contributed by atoms with E-state index in [1.54, 1.807) is 9.47 Å². The van der Waals surface area contributed by atoms with Crippen LogP contribution >= 0.6 is 0 Å². The molecule has 168 valence electrons. The second-order valence-electron chi connectivity index (χ2n) is 8.07. The second kappa shape index (κ2) is 8.41. The van der Waals surface area contributed by atoms with Gasteiger partial charge in [-0.05, 0) is 30.7 Å². The Morgan fingerprint density at radius 1 is 1.25 bits per heavy atom. The molecule has 4 heterocycles. The summed E-state index contributed by atoms with van der Waals surface area (Å²) in [6.07, 6.45) is 2.10. The molecule has 10 nitrogen and oxygen atoms in total. The number of hydrogen-bond acceptors (Lipinski definition) is 8. The summed E-state index contributed by atoms with van der Waals surface area (Å²) in [5, 5.41) is 23.0. The van der Waals surface area contributed by atoms with E-state index in [2.05, 4.69) is 20.3 Å². The summed E-state index contributed by atoms with van der Waals surface area (Å²) in [5.41, 5.74) is 1.48. The summed E-state index contributed by atoms with van der Waals surface area (Å²) in [6.45, 7) is 0.878. The summed E-state index contributed by atoms with van der Waals surface area (Å²) < 4.78 is 20.5. The van der Waals surface area contributed by atoms with Gasteiger partial charge >= 0.3 is 0 Å². The van der Waals surface area contributed by atoms with E-state index < -0.39 is 18.4 Å². The number of fused-ring (bicyclic) bond motifs is 1. The lowest BCUT2D eigenvalue weighted by Gasteiger charge is -2.18. The first-order valence-corrected chi connectivity index (χ1v) is 10.5. The summed E-state index contributed by atoms with van der Waals surface area (Å²) in [5.74, 6) is 0.00961. The lowest BCUT2D eigenvalue weighted by Crippen LogP contribution is -2.31. The zero-order chi connectivity index (χ0) is 22.2. The lowest BCUT2D eigenvalue weighted by atomic mass is 10.2. The lowest BCUT2D eigenvalue weighted by molar-refractivity contribution is -0.0486. The first kappa shape index (κ1) is 20.7. The molecule has 32 heavy (non-hydrogen) atoms. The van der Waals surface area contributed by atoms with Crippen molar-refractivity contribution in [3.63, 3.8) is 0 Å². The molecule has 0 aliphatic carbocycles. The molecule has 2 fully saturated rings. The van der Waals surface area contributed by atoms with Crippen LogP contribution < -0.4 is 5.32 Å². The molecule has 2 aromatic heterocycles. The summed E-state index contributed by atoms with van der Waals surface area (Å²) >= 11 is 0. The molecule has 1 amide bonds. The summed E-state index contributed by atoms with van der Waals surface area (Å²) in [7, 11) is 0. The molecule has 0 radical (unpaired) electrons. The maximum atomic E-state index is 13.1. The van der Waals surface area contributed by atoms with Gasteiger partial charge in [0.1, 0.15) is 18.2 Å². The molecule has 11 heteroatoms. The van der Waals surface area contributed by atoms with Crippen LogP contribution in [0, 0.1) is 5.82 Å². The van der Waals surface area contributed by atoms with Crippen molar-refractivity contribution in [2.75, 3.05) is 25.0 Å². The van der Waals surface area contributed by atoms with E-state index in [1.165, 1.54) is 36.9 Å². The number of rotatable bonds is 5. The Morgan fingerprint density at radius 3 is 2.81 bits per heavy atom. The van der Waals surface area contributed by atoms with Crippen LogP contribution in [0.15, 0.2) is 36.9 Å². The number of anilines is 1. The third-order valence-corrected chi connectivity index (χ3v) is 5.91. The normalized spacial score (nSPS) is 25.5. The van der Waals surface area contributed by atoms with Crippen molar-refractivity contribution in [1.82, 2.24) is 24.4 Å². The minimum atomic E-state index is -0.781. The quantitative estimate of drug-likeness (QED) is 0.533. The van der Waals surface area contributed by atoms with Crippen molar-refractivity contribution < 1.29 is 24.1 Å². The Morgan fingerprint density at radius 2 is 2.06 bits per heavy atom. The molecule has 1 aromatic carbocycles. The number of aromatic nitrogens is 4. The van der Waals surface area contributed by atoms with Crippen LogP contribution in [0.2, 0.25) is 0 Å². The number of carbonyl (C=O) groups is 1. The zero-order valence-corrected chi connectivity index (χ0v) is 17.1. The average Bonchev–Trinajstić information content (AvgIpc) is 3.52. The number of amides is 1. The molecule has 3 aromatic rings. The zero-order valence-electron chi connectivity index (χ0n) is 17.1. The molecule has 2 aliphatic heterocycles. The maximum absolute atomic E-state index is 13.1. The fourth-order valence-corrected chi connectivity index (χ4v) is 4.27. The van der Waals surface area contributed by atoms with E-state index >= 15 is 0 Å². The Kier molecular flexibility index (Phi) is 5.45. The van der Waals surface area contributed by atoms with Crippen molar-refractivity contribution in [1.29, 1.82) is 0 Å². The number of benzene rings is 1. The minimum absolute atomic E-state index is 0.0326. The van der Waals surface area contributed by atoms with E-state index in [9.17, 15) is 19.4 Å². The fourth-order valence-electron chi connectivity index (χ4n) is 4.27. The van der Waals surface area contributed by atoms with Crippen molar-refractivity contribution in [3.05, 3.63) is 48.3 Å². The number of hydrogen-bond donors (Lipinski definition) is 3.